The second-order valence-corrected chi connectivity index (χ2v) is 5.26. The van der Waals surface area contributed by atoms with Crippen LogP contribution in [-0.4, -0.2) is 25.5 Å². The molecule has 0 radical (unpaired) electrons. The van der Waals surface area contributed by atoms with Gasteiger partial charge in [0, 0.05) is 11.3 Å². The second-order valence-electron chi connectivity index (χ2n) is 2.57. The first kappa shape index (κ1) is 8.36. The summed E-state index contributed by atoms with van der Waals surface area (Å²) >= 11 is 4.14. The van der Waals surface area contributed by atoms with Crippen LogP contribution in [0.2, 0.25) is 0 Å². The molecule has 0 amide bonds. The van der Waals surface area contributed by atoms with Crippen LogP contribution >= 0.6 is 12.6 Å². The fraction of sp³-hybridized carbons (Fsp3) is 1.00. The van der Waals surface area contributed by atoms with E-state index in [9.17, 15) is 8.42 Å². The summed E-state index contributed by atoms with van der Waals surface area (Å²) in [7, 11) is -2.94. The average molecular weight is 181 g/mol. The molecule has 1 aliphatic rings. The molecule has 1 N–H and O–H groups in total. The Kier molecular flexibility index (Phi) is 2.27. The summed E-state index contributed by atoms with van der Waals surface area (Å²) in [5, 5.41) is 0.109. The minimum absolute atomic E-state index is 0.0355. The highest BCUT2D eigenvalue weighted by Crippen LogP contribution is 2.14. The van der Waals surface area contributed by atoms with E-state index >= 15 is 0 Å². The number of hydrogen-bond acceptors (Lipinski definition) is 3. The first-order valence-corrected chi connectivity index (χ1v) is 5.36. The van der Waals surface area contributed by atoms with Gasteiger partial charge in [0.1, 0.15) is 0 Å². The molecule has 0 aromatic carbocycles. The van der Waals surface area contributed by atoms with Crippen molar-refractivity contribution in [2.75, 3.05) is 5.75 Å². The third-order valence-electron chi connectivity index (χ3n) is 1.61. The lowest BCUT2D eigenvalue weighted by atomic mass is 10.2. The van der Waals surface area contributed by atoms with Gasteiger partial charge in [-0.2, -0.15) is 12.6 Å². The number of sulfonamides is 1. The van der Waals surface area contributed by atoms with Crippen molar-refractivity contribution in [1.82, 2.24) is 4.72 Å². The van der Waals surface area contributed by atoms with Crippen molar-refractivity contribution in [3.05, 3.63) is 0 Å². The predicted octanol–water partition coefficient (Wildman–Crippen LogP) is -0.00360. The molecule has 3 nitrogen and oxygen atoms in total. The van der Waals surface area contributed by atoms with Gasteiger partial charge >= 0.3 is 0 Å². The molecule has 0 spiro atoms. The highest BCUT2D eigenvalue weighted by atomic mass is 32.2. The van der Waals surface area contributed by atoms with Crippen LogP contribution < -0.4 is 4.72 Å². The molecule has 1 saturated heterocycles. The van der Waals surface area contributed by atoms with Gasteiger partial charge in [-0.1, -0.05) is 6.92 Å². The number of rotatable bonds is 1. The number of hydrogen-bond donors (Lipinski definition) is 2. The summed E-state index contributed by atoms with van der Waals surface area (Å²) in [6.07, 6.45) is 0.688. The molecule has 1 aliphatic heterocycles. The van der Waals surface area contributed by atoms with E-state index in [0.717, 1.165) is 0 Å². The monoisotopic (exact) mass is 181 g/mol. The van der Waals surface area contributed by atoms with Gasteiger partial charge in [-0.05, 0) is 6.42 Å². The molecule has 0 saturated carbocycles. The highest BCUT2D eigenvalue weighted by molar-refractivity contribution is 7.89. The Hall–Kier alpha value is 0.260. The molecule has 1 rings (SSSR count). The zero-order valence-corrected chi connectivity index (χ0v) is 7.45. The fourth-order valence-corrected chi connectivity index (χ4v) is 2.76. The van der Waals surface area contributed by atoms with Crippen molar-refractivity contribution in [2.24, 2.45) is 0 Å². The lowest BCUT2D eigenvalue weighted by Gasteiger charge is -2.10. The molecule has 1 fully saturated rings. The maximum Gasteiger partial charge on any atom is 0.211 e. The second kappa shape index (κ2) is 2.71. The van der Waals surface area contributed by atoms with Crippen LogP contribution in [-0.2, 0) is 10.0 Å². The van der Waals surface area contributed by atoms with E-state index in [-0.39, 0.29) is 17.0 Å². The van der Waals surface area contributed by atoms with Crippen LogP contribution in [0.25, 0.3) is 0 Å². The smallest absolute Gasteiger partial charge is 0.211 e. The predicted molar refractivity (Wildman–Crippen MR) is 43.8 cm³/mol. The van der Waals surface area contributed by atoms with Gasteiger partial charge in [-0.25, -0.2) is 13.1 Å². The van der Waals surface area contributed by atoms with Crippen molar-refractivity contribution < 1.29 is 8.42 Å². The molecule has 5 heteroatoms. The van der Waals surface area contributed by atoms with Gasteiger partial charge < -0.3 is 0 Å². The molecule has 0 bridgehead atoms. The summed E-state index contributed by atoms with van der Waals surface area (Å²) in [4.78, 5) is 0. The first-order valence-electron chi connectivity index (χ1n) is 3.19. The van der Waals surface area contributed by atoms with Crippen molar-refractivity contribution in [3.63, 3.8) is 0 Å². The normalized spacial score (nSPS) is 34.0. The fourth-order valence-electron chi connectivity index (χ4n) is 0.970. The summed E-state index contributed by atoms with van der Waals surface area (Å²) in [6, 6.07) is 0.0355. The van der Waals surface area contributed by atoms with Gasteiger partial charge in [0.2, 0.25) is 10.0 Å². The average Bonchev–Trinajstić information content (AvgIpc) is 2.10. The molecule has 2 atom stereocenters. The van der Waals surface area contributed by atoms with E-state index in [1.54, 1.807) is 0 Å². The molecule has 1 unspecified atom stereocenters. The van der Waals surface area contributed by atoms with Crippen LogP contribution in [0.4, 0.5) is 0 Å². The van der Waals surface area contributed by atoms with E-state index in [0.29, 0.717) is 6.42 Å². The maximum atomic E-state index is 10.8. The minimum Gasteiger partial charge on any atom is -0.212 e. The Bertz CT molecular complexity index is 210. The van der Waals surface area contributed by atoms with Crippen LogP contribution in [0.1, 0.15) is 13.3 Å². The first-order chi connectivity index (χ1) is 4.51. The third-order valence-corrected chi connectivity index (χ3v) is 3.41. The lowest BCUT2D eigenvalue weighted by molar-refractivity contribution is 0.579. The van der Waals surface area contributed by atoms with Crippen LogP contribution in [0.5, 0.6) is 0 Å². The summed E-state index contributed by atoms with van der Waals surface area (Å²) in [6.45, 7) is 1.89. The van der Waals surface area contributed by atoms with Gasteiger partial charge in [-0.3, -0.25) is 0 Å². The maximum absolute atomic E-state index is 10.8. The Morgan fingerprint density at radius 1 is 1.70 bits per heavy atom. The zero-order chi connectivity index (χ0) is 7.78. The molecule has 0 aliphatic carbocycles. The SMILES string of the molecule is C[C@@H](S)C1CCS(=O)(=O)N1. The minimum atomic E-state index is -2.94. The molecule has 0 aromatic rings. The van der Waals surface area contributed by atoms with Crippen molar-refractivity contribution in [2.45, 2.75) is 24.6 Å². The highest BCUT2D eigenvalue weighted by Gasteiger charge is 2.28. The summed E-state index contributed by atoms with van der Waals surface area (Å²) < 4.78 is 24.1. The molecule has 1 heterocycles. The number of nitrogens with one attached hydrogen (secondary N) is 1. The van der Waals surface area contributed by atoms with E-state index in [2.05, 4.69) is 17.4 Å². The summed E-state index contributed by atoms with van der Waals surface area (Å²) in [5.41, 5.74) is 0. The quantitative estimate of drug-likeness (QED) is 0.559. The molecular formula is C5H11NO2S2. The van der Waals surface area contributed by atoms with Gasteiger partial charge in [0.15, 0.2) is 0 Å². The van der Waals surface area contributed by atoms with Crippen molar-refractivity contribution >= 4 is 22.7 Å². The lowest BCUT2D eigenvalue weighted by Crippen LogP contribution is -2.31. The van der Waals surface area contributed by atoms with Crippen molar-refractivity contribution in [1.29, 1.82) is 0 Å². The standard InChI is InChI=1S/C5H11NO2S2/c1-4(9)5-2-3-10(7,8)6-5/h4-6,9H,2-3H2,1H3/t4-,5?/m1/s1. The van der Waals surface area contributed by atoms with E-state index in [4.69, 9.17) is 0 Å². The molecule has 60 valence electrons. The largest absolute Gasteiger partial charge is 0.212 e. The van der Waals surface area contributed by atoms with Gasteiger partial charge in [0.05, 0.1) is 5.75 Å². The van der Waals surface area contributed by atoms with Crippen LogP contribution in [0.15, 0.2) is 0 Å². The third kappa shape index (κ3) is 1.87. The van der Waals surface area contributed by atoms with Gasteiger partial charge in [-0.15, -0.1) is 0 Å². The Morgan fingerprint density at radius 2 is 2.30 bits per heavy atom. The molecule has 10 heavy (non-hydrogen) atoms. The molecule has 0 aromatic heterocycles. The van der Waals surface area contributed by atoms with E-state index in [1.807, 2.05) is 6.92 Å². The Labute approximate surface area is 66.7 Å². The Balaban J connectivity index is 2.60. The summed E-state index contributed by atoms with van der Waals surface area (Å²) in [5.74, 6) is 0.253. The van der Waals surface area contributed by atoms with Crippen LogP contribution in [0, 0.1) is 0 Å². The zero-order valence-electron chi connectivity index (χ0n) is 5.74. The van der Waals surface area contributed by atoms with Crippen LogP contribution in [0.3, 0.4) is 0 Å². The Morgan fingerprint density at radius 3 is 2.50 bits per heavy atom. The van der Waals surface area contributed by atoms with E-state index in [1.165, 1.54) is 0 Å². The topological polar surface area (TPSA) is 46.2 Å². The van der Waals surface area contributed by atoms with E-state index < -0.39 is 10.0 Å². The van der Waals surface area contributed by atoms with Crippen molar-refractivity contribution in [3.8, 4) is 0 Å². The van der Waals surface area contributed by atoms with Gasteiger partial charge in [0.25, 0.3) is 0 Å². The number of thiol groups is 1. The molecular weight excluding hydrogens is 170 g/mol.